The van der Waals surface area contributed by atoms with Gasteiger partial charge < -0.3 is 5.32 Å². The number of nitrogens with zero attached hydrogens (tertiary/aromatic N) is 4. The third-order valence-corrected chi connectivity index (χ3v) is 3.85. The Morgan fingerprint density at radius 1 is 1.30 bits per heavy atom. The molecule has 0 bridgehead atoms. The number of anilines is 1. The van der Waals surface area contributed by atoms with Crippen LogP contribution in [0.4, 0.5) is 5.69 Å². The normalized spacial score (nSPS) is 10.7. The summed E-state index contributed by atoms with van der Waals surface area (Å²) >= 11 is 0. The quantitative estimate of drug-likeness (QED) is 0.733. The molecule has 2 aromatic heterocycles. The van der Waals surface area contributed by atoms with Crippen LogP contribution < -0.4 is 5.32 Å². The lowest BCUT2D eigenvalue weighted by molar-refractivity contribution is 0.592. The summed E-state index contributed by atoms with van der Waals surface area (Å²) < 4.78 is 1.91. The molecule has 5 heteroatoms. The molecule has 2 heterocycles. The first-order chi connectivity index (χ1) is 11.2. The number of hydrogen-bond acceptors (Lipinski definition) is 4. The number of aromatic nitrogens is 3. The van der Waals surface area contributed by atoms with E-state index in [0.29, 0.717) is 5.56 Å². The van der Waals surface area contributed by atoms with Crippen LogP contribution in [0, 0.1) is 25.2 Å². The molecular weight excluding hydrogens is 286 g/mol. The van der Waals surface area contributed by atoms with Crippen LogP contribution in [0.15, 0.2) is 36.8 Å². The van der Waals surface area contributed by atoms with E-state index in [4.69, 9.17) is 0 Å². The Hall–Kier alpha value is -2.87. The van der Waals surface area contributed by atoms with Crippen molar-refractivity contribution in [1.82, 2.24) is 14.8 Å². The predicted molar refractivity (Wildman–Crippen MR) is 91.3 cm³/mol. The van der Waals surface area contributed by atoms with Crippen molar-refractivity contribution in [2.45, 2.75) is 26.8 Å². The molecule has 1 N–H and O–H groups in total. The highest BCUT2D eigenvalue weighted by Gasteiger charge is 2.10. The number of pyridine rings is 1. The highest BCUT2D eigenvalue weighted by Crippen LogP contribution is 2.28. The van der Waals surface area contributed by atoms with Crippen molar-refractivity contribution in [3.8, 4) is 6.07 Å². The molecule has 0 saturated heterocycles. The van der Waals surface area contributed by atoms with E-state index in [1.807, 2.05) is 16.9 Å². The lowest BCUT2D eigenvalue weighted by atomic mass is 10.0. The number of rotatable bonds is 5. The maximum Gasteiger partial charge on any atom is 0.103 e. The second-order valence-electron chi connectivity index (χ2n) is 5.69. The molecule has 3 rings (SSSR count). The molecule has 0 aliphatic carbocycles. The van der Waals surface area contributed by atoms with Gasteiger partial charge in [0.15, 0.2) is 0 Å². The standard InChI is InChI=1S/C18H19N5/c1-13-9-14(2)17-16(10-13)18(15(11-19)12-21-17)20-5-3-7-23-8-4-6-22-23/h4,6,8-10,12H,3,5,7H2,1-2H3,(H,20,21). The van der Waals surface area contributed by atoms with Gasteiger partial charge in [-0.2, -0.15) is 10.4 Å². The van der Waals surface area contributed by atoms with Crippen LogP contribution in [0.3, 0.4) is 0 Å². The van der Waals surface area contributed by atoms with Crippen LogP contribution in [0.25, 0.3) is 10.9 Å². The summed E-state index contributed by atoms with van der Waals surface area (Å²) in [5.74, 6) is 0. The summed E-state index contributed by atoms with van der Waals surface area (Å²) in [6, 6.07) is 8.36. The Labute approximate surface area is 135 Å². The van der Waals surface area contributed by atoms with Crippen molar-refractivity contribution in [3.63, 3.8) is 0 Å². The third kappa shape index (κ3) is 3.16. The Bertz CT molecular complexity index is 859. The highest BCUT2D eigenvalue weighted by atomic mass is 15.3. The number of benzene rings is 1. The van der Waals surface area contributed by atoms with Crippen LogP contribution in [-0.4, -0.2) is 21.3 Å². The second-order valence-corrected chi connectivity index (χ2v) is 5.69. The van der Waals surface area contributed by atoms with E-state index in [-0.39, 0.29) is 0 Å². The van der Waals surface area contributed by atoms with E-state index in [9.17, 15) is 5.26 Å². The first-order valence-corrected chi connectivity index (χ1v) is 7.70. The van der Waals surface area contributed by atoms with Gasteiger partial charge in [0.25, 0.3) is 0 Å². The van der Waals surface area contributed by atoms with Crippen LogP contribution in [-0.2, 0) is 6.54 Å². The molecule has 3 aromatic rings. The van der Waals surface area contributed by atoms with E-state index >= 15 is 0 Å². The van der Waals surface area contributed by atoms with Gasteiger partial charge in [-0.3, -0.25) is 9.67 Å². The summed E-state index contributed by atoms with van der Waals surface area (Å²) in [4.78, 5) is 4.45. The molecule has 1 aromatic carbocycles. The van der Waals surface area contributed by atoms with Crippen molar-refractivity contribution >= 4 is 16.6 Å². The minimum absolute atomic E-state index is 0.585. The smallest absolute Gasteiger partial charge is 0.103 e. The zero-order chi connectivity index (χ0) is 16.2. The molecule has 0 fully saturated rings. The van der Waals surface area contributed by atoms with Crippen molar-refractivity contribution in [3.05, 3.63) is 53.5 Å². The van der Waals surface area contributed by atoms with Crippen molar-refractivity contribution in [2.75, 3.05) is 11.9 Å². The van der Waals surface area contributed by atoms with Gasteiger partial charge in [0.1, 0.15) is 6.07 Å². The molecule has 0 atom stereocenters. The minimum atomic E-state index is 0.585. The van der Waals surface area contributed by atoms with Gasteiger partial charge >= 0.3 is 0 Å². The molecule has 23 heavy (non-hydrogen) atoms. The monoisotopic (exact) mass is 305 g/mol. The summed E-state index contributed by atoms with van der Waals surface area (Å²) in [5, 5.41) is 18.0. The van der Waals surface area contributed by atoms with Crippen molar-refractivity contribution in [1.29, 1.82) is 5.26 Å². The van der Waals surface area contributed by atoms with Crippen molar-refractivity contribution < 1.29 is 0 Å². The van der Waals surface area contributed by atoms with Crippen LogP contribution in [0.1, 0.15) is 23.1 Å². The summed E-state index contributed by atoms with van der Waals surface area (Å²) in [5.41, 5.74) is 4.71. The average molecular weight is 305 g/mol. The maximum absolute atomic E-state index is 9.38. The lowest BCUT2D eigenvalue weighted by Crippen LogP contribution is -2.09. The molecule has 0 unspecified atom stereocenters. The number of aryl methyl sites for hydroxylation is 3. The number of nitriles is 1. The Balaban J connectivity index is 1.84. The molecule has 5 nitrogen and oxygen atoms in total. The van der Waals surface area contributed by atoms with Crippen LogP contribution >= 0.6 is 0 Å². The largest absolute Gasteiger partial charge is 0.383 e. The van der Waals surface area contributed by atoms with Gasteiger partial charge in [-0.1, -0.05) is 11.6 Å². The molecule has 0 spiro atoms. The van der Waals surface area contributed by atoms with E-state index in [0.717, 1.165) is 41.7 Å². The number of nitrogens with one attached hydrogen (secondary N) is 1. The SMILES string of the molecule is Cc1cc(C)c2ncc(C#N)c(NCCCn3cccn3)c2c1. The zero-order valence-corrected chi connectivity index (χ0v) is 13.4. The minimum Gasteiger partial charge on any atom is -0.383 e. The van der Waals surface area contributed by atoms with Gasteiger partial charge in [-0.05, 0) is 38.0 Å². The molecular formula is C18H19N5. The number of fused-ring (bicyclic) bond motifs is 1. The molecule has 116 valence electrons. The fourth-order valence-electron chi connectivity index (χ4n) is 2.82. The Kier molecular flexibility index (Phi) is 4.24. The van der Waals surface area contributed by atoms with Gasteiger partial charge in [0.05, 0.1) is 16.8 Å². The molecule has 0 amide bonds. The van der Waals surface area contributed by atoms with Crippen molar-refractivity contribution in [2.24, 2.45) is 0 Å². The van der Waals surface area contributed by atoms with Gasteiger partial charge in [0, 0.05) is 37.1 Å². The van der Waals surface area contributed by atoms with Gasteiger partial charge in [-0.25, -0.2) is 0 Å². The lowest BCUT2D eigenvalue weighted by Gasteiger charge is -2.13. The van der Waals surface area contributed by atoms with Crippen LogP contribution in [0.2, 0.25) is 0 Å². The third-order valence-electron chi connectivity index (χ3n) is 3.85. The van der Waals surface area contributed by atoms with Gasteiger partial charge in [-0.15, -0.1) is 0 Å². The topological polar surface area (TPSA) is 66.5 Å². The fourth-order valence-corrected chi connectivity index (χ4v) is 2.82. The number of hydrogen-bond donors (Lipinski definition) is 1. The van der Waals surface area contributed by atoms with E-state index in [2.05, 4.69) is 47.4 Å². The van der Waals surface area contributed by atoms with Crippen LogP contribution in [0.5, 0.6) is 0 Å². The highest BCUT2D eigenvalue weighted by molar-refractivity contribution is 5.96. The summed E-state index contributed by atoms with van der Waals surface area (Å²) in [7, 11) is 0. The zero-order valence-electron chi connectivity index (χ0n) is 13.4. The molecule has 0 radical (unpaired) electrons. The Morgan fingerprint density at radius 2 is 2.17 bits per heavy atom. The molecule has 0 aliphatic heterocycles. The first kappa shape index (κ1) is 15.0. The molecule has 0 saturated carbocycles. The fraction of sp³-hybridized carbons (Fsp3) is 0.278. The molecule has 0 aliphatic rings. The average Bonchev–Trinajstić information content (AvgIpc) is 3.04. The Morgan fingerprint density at radius 3 is 2.91 bits per heavy atom. The van der Waals surface area contributed by atoms with Gasteiger partial charge in [0.2, 0.25) is 0 Å². The maximum atomic E-state index is 9.38. The predicted octanol–water partition coefficient (Wildman–Crippen LogP) is 3.42. The van der Waals surface area contributed by atoms with E-state index in [1.54, 1.807) is 12.4 Å². The second kappa shape index (κ2) is 6.49. The first-order valence-electron chi connectivity index (χ1n) is 7.70. The summed E-state index contributed by atoms with van der Waals surface area (Å²) in [6.07, 6.45) is 6.32. The van der Waals surface area contributed by atoms with E-state index in [1.165, 1.54) is 5.56 Å². The van der Waals surface area contributed by atoms with E-state index < -0.39 is 0 Å². The summed E-state index contributed by atoms with van der Waals surface area (Å²) in [6.45, 7) is 5.74.